The molecule has 0 aliphatic carbocycles. The molecule has 3 rings (SSSR count). The van der Waals surface area contributed by atoms with Gasteiger partial charge in [0.15, 0.2) is 0 Å². The highest BCUT2D eigenvalue weighted by Crippen LogP contribution is 2.11. The van der Waals surface area contributed by atoms with Crippen LogP contribution in [0, 0.1) is 0 Å². The Morgan fingerprint density at radius 1 is 1.43 bits per heavy atom. The second-order valence-corrected chi connectivity index (χ2v) is 5.90. The Morgan fingerprint density at radius 2 is 2.24 bits per heavy atom. The number of carbonyl (C=O) groups excluding carboxylic acids is 1. The molecule has 1 fully saturated rings. The van der Waals surface area contributed by atoms with E-state index in [2.05, 4.69) is 37.4 Å². The summed E-state index contributed by atoms with van der Waals surface area (Å²) in [4.78, 5) is 24.3. The van der Waals surface area contributed by atoms with E-state index in [1.165, 1.54) is 0 Å². The number of piperazine rings is 1. The maximum Gasteiger partial charge on any atom is 0.237 e. The van der Waals surface area contributed by atoms with Crippen LogP contribution in [-0.4, -0.2) is 78.0 Å². The average molecular weight is 292 g/mol. The number of fused-ring (bicyclic) bond motifs is 1. The summed E-state index contributed by atoms with van der Waals surface area (Å²) in [6, 6.07) is -0.159. The highest BCUT2D eigenvalue weighted by Gasteiger charge is 2.25. The van der Waals surface area contributed by atoms with Crippen LogP contribution in [0.5, 0.6) is 0 Å². The molecule has 0 bridgehead atoms. The second kappa shape index (κ2) is 6.55. The molecule has 1 aromatic rings. The maximum atomic E-state index is 12.2. The van der Waals surface area contributed by atoms with Gasteiger partial charge in [-0.05, 0) is 7.05 Å². The quantitative estimate of drug-likeness (QED) is 0.649. The zero-order valence-corrected chi connectivity index (χ0v) is 12.6. The monoisotopic (exact) mass is 292 g/mol. The Hall–Kier alpha value is -1.44. The minimum atomic E-state index is -0.159. The standard InChI is InChI=1S/C14H24N6O/c1-19-4-6-20(7-5-19)3-2-15-14(21)12-8-11-13(9-16-12)18-10-17-11/h10,12,16H,2-9H2,1H3,(H,15,21)(H,17,18). The van der Waals surface area contributed by atoms with Gasteiger partial charge < -0.3 is 15.2 Å². The molecule has 1 amide bonds. The minimum absolute atomic E-state index is 0.0813. The number of likely N-dealkylation sites (N-methyl/N-ethyl adjacent to an activating group) is 1. The lowest BCUT2D eigenvalue weighted by Crippen LogP contribution is -2.50. The predicted molar refractivity (Wildman–Crippen MR) is 79.9 cm³/mol. The van der Waals surface area contributed by atoms with Crippen LogP contribution in [0.15, 0.2) is 6.33 Å². The van der Waals surface area contributed by atoms with E-state index in [9.17, 15) is 4.79 Å². The molecule has 1 unspecified atom stereocenters. The first kappa shape index (κ1) is 14.5. The van der Waals surface area contributed by atoms with Crippen molar-refractivity contribution in [1.29, 1.82) is 0 Å². The van der Waals surface area contributed by atoms with Crippen molar-refractivity contribution in [3.63, 3.8) is 0 Å². The molecule has 0 saturated carbocycles. The molecule has 0 radical (unpaired) electrons. The van der Waals surface area contributed by atoms with E-state index in [0.717, 1.165) is 44.1 Å². The van der Waals surface area contributed by atoms with Gasteiger partial charge in [0.1, 0.15) is 0 Å². The Morgan fingerprint density at radius 3 is 3.05 bits per heavy atom. The fraction of sp³-hybridized carbons (Fsp3) is 0.714. The van der Waals surface area contributed by atoms with Gasteiger partial charge in [0.05, 0.1) is 23.8 Å². The van der Waals surface area contributed by atoms with Crippen molar-refractivity contribution < 1.29 is 4.79 Å². The number of imidazole rings is 1. The van der Waals surface area contributed by atoms with Gasteiger partial charge in [-0.15, -0.1) is 0 Å². The number of hydrogen-bond donors (Lipinski definition) is 3. The fourth-order valence-electron chi connectivity index (χ4n) is 2.89. The number of aromatic nitrogens is 2. The van der Waals surface area contributed by atoms with Crippen molar-refractivity contribution in [3.8, 4) is 0 Å². The van der Waals surface area contributed by atoms with Crippen LogP contribution in [0.1, 0.15) is 11.4 Å². The number of nitrogens with one attached hydrogen (secondary N) is 3. The molecule has 0 aromatic carbocycles. The SMILES string of the molecule is CN1CCN(CCNC(=O)C2Cc3nc[nH]c3CN2)CC1. The summed E-state index contributed by atoms with van der Waals surface area (Å²) in [5.74, 6) is 0.0813. The molecule has 21 heavy (non-hydrogen) atoms. The zero-order chi connectivity index (χ0) is 14.7. The lowest BCUT2D eigenvalue weighted by molar-refractivity contribution is -0.123. The maximum absolute atomic E-state index is 12.2. The summed E-state index contributed by atoms with van der Waals surface area (Å²) in [6.45, 7) is 6.73. The fourth-order valence-corrected chi connectivity index (χ4v) is 2.89. The number of aromatic amines is 1. The van der Waals surface area contributed by atoms with E-state index in [4.69, 9.17) is 0 Å². The molecule has 1 saturated heterocycles. The molecular weight excluding hydrogens is 268 g/mol. The van der Waals surface area contributed by atoms with Crippen LogP contribution >= 0.6 is 0 Å². The smallest absolute Gasteiger partial charge is 0.237 e. The topological polar surface area (TPSA) is 76.3 Å². The van der Waals surface area contributed by atoms with Gasteiger partial charge in [-0.3, -0.25) is 15.0 Å². The van der Waals surface area contributed by atoms with Crippen molar-refractivity contribution in [2.24, 2.45) is 0 Å². The molecule has 2 aliphatic heterocycles. The molecule has 7 heteroatoms. The van der Waals surface area contributed by atoms with Crippen molar-refractivity contribution in [3.05, 3.63) is 17.7 Å². The van der Waals surface area contributed by atoms with Crippen LogP contribution in [0.4, 0.5) is 0 Å². The number of hydrogen-bond acceptors (Lipinski definition) is 5. The minimum Gasteiger partial charge on any atom is -0.353 e. The lowest BCUT2D eigenvalue weighted by atomic mass is 10.0. The van der Waals surface area contributed by atoms with Crippen LogP contribution in [0.3, 0.4) is 0 Å². The number of carbonyl (C=O) groups is 1. The molecule has 1 atom stereocenters. The van der Waals surface area contributed by atoms with Crippen LogP contribution in [0.25, 0.3) is 0 Å². The van der Waals surface area contributed by atoms with E-state index in [1.54, 1.807) is 6.33 Å². The van der Waals surface area contributed by atoms with Gasteiger partial charge in [-0.25, -0.2) is 4.98 Å². The predicted octanol–water partition coefficient (Wildman–Crippen LogP) is -1.21. The van der Waals surface area contributed by atoms with Crippen LogP contribution in [0.2, 0.25) is 0 Å². The summed E-state index contributed by atoms with van der Waals surface area (Å²) in [5.41, 5.74) is 2.10. The third kappa shape index (κ3) is 3.61. The number of H-pyrrole nitrogens is 1. The van der Waals surface area contributed by atoms with E-state index >= 15 is 0 Å². The number of nitrogens with zero attached hydrogens (tertiary/aromatic N) is 3. The molecule has 3 N–H and O–H groups in total. The van der Waals surface area contributed by atoms with Gasteiger partial charge >= 0.3 is 0 Å². The third-order valence-corrected chi connectivity index (χ3v) is 4.37. The van der Waals surface area contributed by atoms with E-state index in [0.29, 0.717) is 19.5 Å². The first-order valence-electron chi connectivity index (χ1n) is 7.65. The molecule has 0 spiro atoms. The van der Waals surface area contributed by atoms with Gasteiger partial charge in [0.2, 0.25) is 5.91 Å². The van der Waals surface area contributed by atoms with E-state index in [1.807, 2.05) is 0 Å². The lowest BCUT2D eigenvalue weighted by Gasteiger charge is -2.32. The first-order valence-corrected chi connectivity index (χ1v) is 7.65. The molecule has 7 nitrogen and oxygen atoms in total. The van der Waals surface area contributed by atoms with E-state index in [-0.39, 0.29) is 11.9 Å². The van der Waals surface area contributed by atoms with Crippen LogP contribution in [-0.2, 0) is 17.8 Å². The Kier molecular flexibility index (Phi) is 4.52. The highest BCUT2D eigenvalue weighted by atomic mass is 16.2. The summed E-state index contributed by atoms with van der Waals surface area (Å²) < 4.78 is 0. The van der Waals surface area contributed by atoms with Gasteiger partial charge in [0.25, 0.3) is 0 Å². The average Bonchev–Trinajstić information content (AvgIpc) is 2.96. The molecule has 116 valence electrons. The summed E-state index contributed by atoms with van der Waals surface area (Å²) in [6.07, 6.45) is 2.36. The van der Waals surface area contributed by atoms with Gasteiger partial charge in [0, 0.05) is 52.2 Å². The molecule has 1 aromatic heterocycles. The Labute approximate surface area is 125 Å². The number of amides is 1. The molecule has 2 aliphatic rings. The normalized spacial score (nSPS) is 23.8. The van der Waals surface area contributed by atoms with Crippen molar-refractivity contribution in [2.45, 2.75) is 19.0 Å². The van der Waals surface area contributed by atoms with Crippen LogP contribution < -0.4 is 10.6 Å². The Balaban J connectivity index is 1.39. The highest BCUT2D eigenvalue weighted by molar-refractivity contribution is 5.82. The van der Waals surface area contributed by atoms with Crippen molar-refractivity contribution in [2.75, 3.05) is 46.3 Å². The Bertz CT molecular complexity index is 480. The third-order valence-electron chi connectivity index (χ3n) is 4.37. The van der Waals surface area contributed by atoms with E-state index < -0.39 is 0 Å². The number of rotatable bonds is 4. The molecule has 3 heterocycles. The summed E-state index contributed by atoms with van der Waals surface area (Å²) in [7, 11) is 2.15. The van der Waals surface area contributed by atoms with Gasteiger partial charge in [-0.1, -0.05) is 0 Å². The summed E-state index contributed by atoms with van der Waals surface area (Å²) >= 11 is 0. The second-order valence-electron chi connectivity index (χ2n) is 5.90. The van der Waals surface area contributed by atoms with Crippen molar-refractivity contribution >= 4 is 5.91 Å². The summed E-state index contributed by atoms with van der Waals surface area (Å²) in [5, 5.41) is 6.29. The molecular formula is C14H24N6O. The zero-order valence-electron chi connectivity index (χ0n) is 12.6. The largest absolute Gasteiger partial charge is 0.353 e. The first-order chi connectivity index (χ1) is 10.2. The van der Waals surface area contributed by atoms with Crippen molar-refractivity contribution in [1.82, 2.24) is 30.4 Å². The van der Waals surface area contributed by atoms with Gasteiger partial charge in [-0.2, -0.15) is 0 Å².